The van der Waals surface area contributed by atoms with E-state index in [2.05, 4.69) is 24.1 Å². The summed E-state index contributed by atoms with van der Waals surface area (Å²) in [6.45, 7) is 7.67. The zero-order chi connectivity index (χ0) is 13.5. The number of halogens is 2. The number of amides is 1. The molecule has 1 aliphatic rings. The molecule has 1 amide bonds. The van der Waals surface area contributed by atoms with Crippen LogP contribution in [0.15, 0.2) is 0 Å². The van der Waals surface area contributed by atoms with Crippen LogP contribution >= 0.6 is 24.8 Å². The van der Waals surface area contributed by atoms with Crippen molar-refractivity contribution in [2.75, 3.05) is 33.4 Å². The smallest absolute Gasteiger partial charge is 0.239 e. The van der Waals surface area contributed by atoms with Crippen molar-refractivity contribution in [3.05, 3.63) is 0 Å². The summed E-state index contributed by atoms with van der Waals surface area (Å²) in [5.74, 6) is 0.429. The van der Waals surface area contributed by atoms with Gasteiger partial charge in [0.05, 0.1) is 6.61 Å². The molecule has 20 heavy (non-hydrogen) atoms. The molecule has 3 N–H and O–H groups in total. The van der Waals surface area contributed by atoms with Gasteiger partial charge < -0.3 is 20.7 Å². The number of hydrogen-bond acceptors (Lipinski definition) is 4. The monoisotopic (exact) mass is 329 g/mol. The molecule has 0 aliphatic carbocycles. The molecule has 0 aromatic heterocycles. The summed E-state index contributed by atoms with van der Waals surface area (Å²) in [4.78, 5) is 14.1. The number of likely N-dealkylation sites (tertiary alicyclic amines) is 1. The fourth-order valence-electron chi connectivity index (χ4n) is 2.36. The first-order valence-corrected chi connectivity index (χ1v) is 6.80. The fourth-order valence-corrected chi connectivity index (χ4v) is 2.36. The Labute approximate surface area is 134 Å². The molecule has 122 valence electrons. The van der Waals surface area contributed by atoms with Crippen molar-refractivity contribution in [1.29, 1.82) is 0 Å². The average molecular weight is 330 g/mol. The van der Waals surface area contributed by atoms with Crippen molar-refractivity contribution >= 4 is 30.7 Å². The van der Waals surface area contributed by atoms with Gasteiger partial charge in [0.15, 0.2) is 0 Å². The van der Waals surface area contributed by atoms with E-state index in [1.165, 1.54) is 19.4 Å². The normalized spacial score (nSPS) is 20.8. The minimum atomic E-state index is -0.556. The number of ether oxygens (including phenoxy) is 1. The quantitative estimate of drug-likeness (QED) is 0.764. The maximum atomic E-state index is 11.7. The second-order valence-corrected chi connectivity index (χ2v) is 5.40. The summed E-state index contributed by atoms with van der Waals surface area (Å²) >= 11 is 0. The lowest BCUT2D eigenvalue weighted by Crippen LogP contribution is -2.48. The van der Waals surface area contributed by atoms with Crippen LogP contribution in [-0.4, -0.2) is 56.2 Å². The molecule has 0 radical (unpaired) electrons. The number of nitrogens with two attached hydrogens (primary N) is 1. The van der Waals surface area contributed by atoms with Crippen LogP contribution in [-0.2, 0) is 9.53 Å². The summed E-state index contributed by atoms with van der Waals surface area (Å²) in [5, 5.41) is 2.93. The topological polar surface area (TPSA) is 67.6 Å². The number of hydrogen-bond donors (Lipinski definition) is 2. The molecule has 5 nitrogen and oxygen atoms in total. The highest BCUT2D eigenvalue weighted by Gasteiger charge is 2.22. The van der Waals surface area contributed by atoms with E-state index >= 15 is 0 Å². The molecule has 2 atom stereocenters. The van der Waals surface area contributed by atoms with Crippen molar-refractivity contribution in [2.45, 2.75) is 38.8 Å². The SMILES string of the molecule is COCC(N)C(=O)NCC1CCCN(C(C)C)C1.Cl.Cl. The van der Waals surface area contributed by atoms with Crippen LogP contribution in [0, 0.1) is 5.92 Å². The molecule has 0 aromatic carbocycles. The van der Waals surface area contributed by atoms with Crippen LogP contribution in [0.25, 0.3) is 0 Å². The molecule has 1 saturated heterocycles. The average Bonchev–Trinajstić information content (AvgIpc) is 2.36. The lowest BCUT2D eigenvalue weighted by atomic mass is 9.97. The highest BCUT2D eigenvalue weighted by molar-refractivity contribution is 5.85. The van der Waals surface area contributed by atoms with E-state index in [1.54, 1.807) is 7.11 Å². The van der Waals surface area contributed by atoms with Gasteiger partial charge in [-0.15, -0.1) is 24.8 Å². The molecule has 1 rings (SSSR count). The van der Waals surface area contributed by atoms with E-state index in [0.29, 0.717) is 12.0 Å². The highest BCUT2D eigenvalue weighted by Crippen LogP contribution is 2.17. The third-order valence-electron chi connectivity index (χ3n) is 3.53. The zero-order valence-corrected chi connectivity index (χ0v) is 14.3. The number of nitrogens with one attached hydrogen (secondary N) is 1. The molecule has 1 fully saturated rings. The Morgan fingerprint density at radius 1 is 1.45 bits per heavy atom. The van der Waals surface area contributed by atoms with Gasteiger partial charge in [-0.1, -0.05) is 0 Å². The van der Waals surface area contributed by atoms with Crippen molar-refractivity contribution < 1.29 is 9.53 Å². The maximum absolute atomic E-state index is 11.7. The van der Waals surface area contributed by atoms with Gasteiger partial charge in [-0.3, -0.25) is 4.79 Å². The van der Waals surface area contributed by atoms with E-state index in [0.717, 1.165) is 13.1 Å². The van der Waals surface area contributed by atoms with Gasteiger partial charge in [0.25, 0.3) is 0 Å². The number of rotatable bonds is 6. The Morgan fingerprint density at radius 3 is 2.65 bits per heavy atom. The molecular formula is C13H29Cl2N3O2. The zero-order valence-electron chi connectivity index (χ0n) is 12.6. The molecule has 0 spiro atoms. The van der Waals surface area contributed by atoms with Gasteiger partial charge in [-0.05, 0) is 39.2 Å². The Kier molecular flexibility index (Phi) is 12.9. The maximum Gasteiger partial charge on any atom is 0.239 e. The second kappa shape index (κ2) is 11.6. The molecule has 7 heteroatoms. The summed E-state index contributed by atoms with van der Waals surface area (Å²) in [6.07, 6.45) is 2.39. The summed E-state index contributed by atoms with van der Waals surface area (Å²) in [7, 11) is 1.55. The molecule has 0 bridgehead atoms. The summed E-state index contributed by atoms with van der Waals surface area (Å²) < 4.78 is 4.87. The minimum Gasteiger partial charge on any atom is -0.383 e. The van der Waals surface area contributed by atoms with E-state index < -0.39 is 6.04 Å². The van der Waals surface area contributed by atoms with Gasteiger partial charge >= 0.3 is 0 Å². The van der Waals surface area contributed by atoms with Crippen LogP contribution in [0.1, 0.15) is 26.7 Å². The van der Waals surface area contributed by atoms with Crippen LogP contribution < -0.4 is 11.1 Å². The molecule has 0 aromatic rings. The Bertz CT molecular complexity index is 268. The first kappa shape index (κ1) is 22.2. The van der Waals surface area contributed by atoms with Gasteiger partial charge in [0.2, 0.25) is 5.91 Å². The van der Waals surface area contributed by atoms with Crippen LogP contribution in [0.4, 0.5) is 0 Å². The molecule has 2 unspecified atom stereocenters. The fraction of sp³-hybridized carbons (Fsp3) is 0.923. The van der Waals surface area contributed by atoms with E-state index in [1.807, 2.05) is 0 Å². The molecule has 1 aliphatic heterocycles. The number of nitrogens with zero attached hydrogens (tertiary/aromatic N) is 1. The third-order valence-corrected chi connectivity index (χ3v) is 3.53. The van der Waals surface area contributed by atoms with Gasteiger partial charge in [-0.2, -0.15) is 0 Å². The van der Waals surface area contributed by atoms with Crippen LogP contribution in [0.3, 0.4) is 0 Å². The predicted molar refractivity (Wildman–Crippen MR) is 86.8 cm³/mol. The summed E-state index contributed by atoms with van der Waals surface area (Å²) in [5.41, 5.74) is 5.67. The predicted octanol–water partition coefficient (Wildman–Crippen LogP) is 1.04. The highest BCUT2D eigenvalue weighted by atomic mass is 35.5. The number of piperidine rings is 1. The van der Waals surface area contributed by atoms with Gasteiger partial charge in [-0.25, -0.2) is 0 Å². The van der Waals surface area contributed by atoms with E-state index in [9.17, 15) is 4.79 Å². The Hall–Kier alpha value is -0.0700. The lowest BCUT2D eigenvalue weighted by Gasteiger charge is -2.35. The Morgan fingerprint density at radius 2 is 2.10 bits per heavy atom. The van der Waals surface area contributed by atoms with Crippen molar-refractivity contribution in [3.8, 4) is 0 Å². The minimum absolute atomic E-state index is 0. The van der Waals surface area contributed by atoms with Crippen LogP contribution in [0.2, 0.25) is 0 Å². The molecule has 0 saturated carbocycles. The second-order valence-electron chi connectivity index (χ2n) is 5.40. The largest absolute Gasteiger partial charge is 0.383 e. The standard InChI is InChI=1S/C13H27N3O2.2ClH/c1-10(2)16-6-4-5-11(8-16)7-15-13(17)12(14)9-18-3;;/h10-12H,4-9,14H2,1-3H3,(H,15,17);2*1H. The van der Waals surface area contributed by atoms with E-state index in [4.69, 9.17) is 10.5 Å². The first-order valence-electron chi connectivity index (χ1n) is 6.80. The number of carbonyl (C=O) groups excluding carboxylic acids is 1. The van der Waals surface area contributed by atoms with Crippen molar-refractivity contribution in [2.24, 2.45) is 11.7 Å². The third kappa shape index (κ3) is 7.64. The molecule has 1 heterocycles. The molecular weight excluding hydrogens is 301 g/mol. The summed E-state index contributed by atoms with van der Waals surface area (Å²) in [6, 6.07) is 0.0269. The first-order chi connectivity index (χ1) is 8.54. The number of carbonyl (C=O) groups is 1. The van der Waals surface area contributed by atoms with Gasteiger partial charge in [0, 0.05) is 26.2 Å². The van der Waals surface area contributed by atoms with Gasteiger partial charge in [0.1, 0.15) is 6.04 Å². The Balaban J connectivity index is 0. The van der Waals surface area contributed by atoms with E-state index in [-0.39, 0.29) is 37.3 Å². The van der Waals surface area contributed by atoms with Crippen LogP contribution in [0.5, 0.6) is 0 Å². The van der Waals surface area contributed by atoms with Crippen molar-refractivity contribution in [1.82, 2.24) is 10.2 Å². The van der Waals surface area contributed by atoms with Crippen molar-refractivity contribution in [3.63, 3.8) is 0 Å². The lowest BCUT2D eigenvalue weighted by molar-refractivity contribution is -0.123. The number of methoxy groups -OCH3 is 1.